The molecule has 0 saturated carbocycles. The van der Waals surface area contributed by atoms with Crippen molar-refractivity contribution in [2.75, 3.05) is 12.3 Å². The number of benzene rings is 1. The van der Waals surface area contributed by atoms with Gasteiger partial charge in [-0.05, 0) is 18.9 Å². The van der Waals surface area contributed by atoms with Crippen molar-refractivity contribution in [2.24, 2.45) is 5.92 Å². The number of rotatable bonds is 5. The second kappa shape index (κ2) is 5.57. The van der Waals surface area contributed by atoms with E-state index in [-0.39, 0.29) is 0 Å². The molecule has 2 aromatic rings. The highest BCUT2D eigenvalue weighted by Gasteiger charge is 2.09. The van der Waals surface area contributed by atoms with Crippen LogP contribution in [0.1, 0.15) is 31.7 Å². The largest absolute Gasteiger partial charge is 0.491 e. The Labute approximate surface area is 112 Å². The summed E-state index contributed by atoms with van der Waals surface area (Å²) in [6, 6.07) is 3.92. The number of nitrogens with zero attached hydrogens (tertiary/aromatic N) is 1. The zero-order valence-corrected chi connectivity index (χ0v) is 12.0. The molecule has 1 heterocycles. The zero-order chi connectivity index (χ0) is 13.1. The number of ether oxygens (including phenoxy) is 1. The van der Waals surface area contributed by atoms with Crippen molar-refractivity contribution in [3.05, 3.63) is 17.1 Å². The zero-order valence-electron chi connectivity index (χ0n) is 11.2. The molecule has 0 spiro atoms. The SMILES string of the molecule is CCC(CC)COc1cc2nc(C)sc2cc1N. The van der Waals surface area contributed by atoms with Gasteiger partial charge in [0.2, 0.25) is 0 Å². The van der Waals surface area contributed by atoms with Crippen molar-refractivity contribution >= 4 is 27.2 Å². The molecule has 0 unspecified atom stereocenters. The molecule has 0 bridgehead atoms. The standard InChI is InChI=1S/C14H20N2OS/c1-4-10(5-2)8-17-13-7-12-14(6-11(13)15)18-9(3)16-12/h6-7,10H,4-5,8,15H2,1-3H3. The summed E-state index contributed by atoms with van der Waals surface area (Å²) >= 11 is 1.66. The van der Waals surface area contributed by atoms with Gasteiger partial charge >= 0.3 is 0 Å². The minimum absolute atomic E-state index is 0.595. The molecule has 2 N–H and O–H groups in total. The number of hydrogen-bond acceptors (Lipinski definition) is 4. The van der Waals surface area contributed by atoms with Gasteiger partial charge in [-0.3, -0.25) is 0 Å². The Balaban J connectivity index is 2.19. The average molecular weight is 264 g/mol. The minimum atomic E-state index is 0.595. The molecule has 4 heteroatoms. The van der Waals surface area contributed by atoms with Gasteiger partial charge in [-0.25, -0.2) is 4.98 Å². The number of hydrogen-bond donors (Lipinski definition) is 1. The van der Waals surface area contributed by atoms with E-state index in [1.54, 1.807) is 11.3 Å². The van der Waals surface area contributed by atoms with Gasteiger partial charge in [0.25, 0.3) is 0 Å². The van der Waals surface area contributed by atoms with Crippen LogP contribution in [0.3, 0.4) is 0 Å². The number of aromatic nitrogens is 1. The van der Waals surface area contributed by atoms with Crippen LogP contribution < -0.4 is 10.5 Å². The summed E-state index contributed by atoms with van der Waals surface area (Å²) in [5.41, 5.74) is 7.70. The van der Waals surface area contributed by atoms with Crippen LogP contribution in [0.15, 0.2) is 12.1 Å². The van der Waals surface area contributed by atoms with E-state index in [1.807, 2.05) is 19.1 Å². The van der Waals surface area contributed by atoms with Crippen LogP contribution in [0.25, 0.3) is 10.2 Å². The highest BCUT2D eigenvalue weighted by Crippen LogP contribution is 2.31. The summed E-state index contributed by atoms with van der Waals surface area (Å²) in [6.07, 6.45) is 2.27. The molecule has 18 heavy (non-hydrogen) atoms. The molecule has 1 aromatic heterocycles. The van der Waals surface area contributed by atoms with Crippen LogP contribution in [-0.2, 0) is 0 Å². The highest BCUT2D eigenvalue weighted by molar-refractivity contribution is 7.18. The molecule has 0 atom stereocenters. The molecule has 0 amide bonds. The third-order valence-corrected chi connectivity index (χ3v) is 4.19. The maximum Gasteiger partial charge on any atom is 0.144 e. The molecule has 98 valence electrons. The summed E-state index contributed by atoms with van der Waals surface area (Å²) in [5, 5.41) is 1.06. The molecule has 0 radical (unpaired) electrons. The summed E-state index contributed by atoms with van der Waals surface area (Å²) < 4.78 is 6.96. The van der Waals surface area contributed by atoms with Crippen molar-refractivity contribution in [3.63, 3.8) is 0 Å². The summed E-state index contributed by atoms with van der Waals surface area (Å²) in [6.45, 7) is 7.11. The molecule has 1 aromatic carbocycles. The highest BCUT2D eigenvalue weighted by atomic mass is 32.1. The number of aryl methyl sites for hydroxylation is 1. The first-order valence-corrected chi connectivity index (χ1v) is 7.25. The molecule has 3 nitrogen and oxygen atoms in total. The van der Waals surface area contributed by atoms with Crippen LogP contribution >= 0.6 is 11.3 Å². The number of fused-ring (bicyclic) bond motifs is 1. The van der Waals surface area contributed by atoms with Crippen LogP contribution in [0.4, 0.5) is 5.69 Å². The lowest BCUT2D eigenvalue weighted by Gasteiger charge is -2.14. The lowest BCUT2D eigenvalue weighted by molar-refractivity contribution is 0.242. The van der Waals surface area contributed by atoms with Gasteiger partial charge < -0.3 is 10.5 Å². The van der Waals surface area contributed by atoms with Crippen LogP contribution in [-0.4, -0.2) is 11.6 Å². The van der Waals surface area contributed by atoms with E-state index in [0.717, 1.165) is 40.4 Å². The van der Waals surface area contributed by atoms with E-state index in [9.17, 15) is 0 Å². The predicted octanol–water partition coefficient (Wildman–Crippen LogP) is 4.00. The van der Waals surface area contributed by atoms with Crippen LogP contribution in [0.2, 0.25) is 0 Å². The topological polar surface area (TPSA) is 48.1 Å². The fraction of sp³-hybridized carbons (Fsp3) is 0.500. The van der Waals surface area contributed by atoms with Gasteiger partial charge in [-0.15, -0.1) is 11.3 Å². The summed E-state index contributed by atoms with van der Waals surface area (Å²) in [7, 11) is 0. The van der Waals surface area contributed by atoms with Gasteiger partial charge in [0, 0.05) is 6.07 Å². The normalized spacial score (nSPS) is 11.3. The second-order valence-electron chi connectivity index (χ2n) is 4.58. The summed E-state index contributed by atoms with van der Waals surface area (Å²) in [5.74, 6) is 1.36. The molecular weight excluding hydrogens is 244 g/mol. The van der Waals surface area contributed by atoms with Crippen LogP contribution in [0.5, 0.6) is 5.75 Å². The minimum Gasteiger partial charge on any atom is -0.491 e. The van der Waals surface area contributed by atoms with Gasteiger partial charge in [0.05, 0.1) is 27.5 Å². The van der Waals surface area contributed by atoms with Gasteiger partial charge in [-0.1, -0.05) is 26.7 Å². The van der Waals surface area contributed by atoms with Crippen molar-refractivity contribution < 1.29 is 4.74 Å². The first-order chi connectivity index (χ1) is 8.63. The van der Waals surface area contributed by atoms with E-state index < -0.39 is 0 Å². The smallest absolute Gasteiger partial charge is 0.144 e. The van der Waals surface area contributed by atoms with E-state index in [2.05, 4.69) is 18.8 Å². The number of thiazole rings is 1. The molecule has 0 fully saturated rings. The number of nitrogen functional groups attached to an aromatic ring is 1. The average Bonchev–Trinajstić information content (AvgIpc) is 2.69. The predicted molar refractivity (Wildman–Crippen MR) is 78.3 cm³/mol. The fourth-order valence-electron chi connectivity index (χ4n) is 1.94. The Kier molecular flexibility index (Phi) is 4.07. The number of nitrogens with two attached hydrogens (primary N) is 1. The maximum absolute atomic E-state index is 6.02. The Morgan fingerprint density at radius 3 is 2.72 bits per heavy atom. The molecule has 2 rings (SSSR count). The van der Waals surface area contributed by atoms with E-state index in [4.69, 9.17) is 10.5 Å². The lowest BCUT2D eigenvalue weighted by atomic mass is 10.1. The Bertz CT molecular complexity index is 532. The fourth-order valence-corrected chi connectivity index (χ4v) is 2.80. The van der Waals surface area contributed by atoms with Gasteiger partial charge in [0.15, 0.2) is 0 Å². The summed E-state index contributed by atoms with van der Waals surface area (Å²) in [4.78, 5) is 4.47. The Morgan fingerprint density at radius 2 is 2.06 bits per heavy atom. The van der Waals surface area contributed by atoms with Crippen LogP contribution in [0, 0.1) is 12.8 Å². The quantitative estimate of drug-likeness (QED) is 0.830. The van der Waals surface area contributed by atoms with E-state index in [0.29, 0.717) is 11.6 Å². The van der Waals surface area contributed by atoms with Crippen molar-refractivity contribution in [3.8, 4) is 5.75 Å². The van der Waals surface area contributed by atoms with E-state index >= 15 is 0 Å². The molecule has 0 aliphatic heterocycles. The maximum atomic E-state index is 6.02. The lowest BCUT2D eigenvalue weighted by Crippen LogP contribution is -2.10. The van der Waals surface area contributed by atoms with Crippen molar-refractivity contribution in [1.82, 2.24) is 4.98 Å². The number of anilines is 1. The molecule has 0 aliphatic rings. The first-order valence-electron chi connectivity index (χ1n) is 6.43. The van der Waals surface area contributed by atoms with E-state index in [1.165, 1.54) is 0 Å². The Morgan fingerprint density at radius 1 is 1.33 bits per heavy atom. The van der Waals surface area contributed by atoms with Crippen molar-refractivity contribution in [1.29, 1.82) is 0 Å². The third kappa shape index (κ3) is 2.75. The van der Waals surface area contributed by atoms with Crippen molar-refractivity contribution in [2.45, 2.75) is 33.6 Å². The second-order valence-corrected chi connectivity index (χ2v) is 5.82. The first kappa shape index (κ1) is 13.1. The third-order valence-electron chi connectivity index (χ3n) is 3.26. The molecule has 0 saturated heterocycles. The molecular formula is C14H20N2OS. The van der Waals surface area contributed by atoms with Gasteiger partial charge in [-0.2, -0.15) is 0 Å². The molecule has 0 aliphatic carbocycles. The Hall–Kier alpha value is -1.29. The van der Waals surface area contributed by atoms with Gasteiger partial charge in [0.1, 0.15) is 5.75 Å². The monoisotopic (exact) mass is 264 g/mol.